The molecule has 1 aromatic heterocycles. The molecular weight excluding hydrogens is 290 g/mol. The lowest BCUT2D eigenvalue weighted by Crippen LogP contribution is -2.30. The molecule has 1 heterocycles. The van der Waals surface area contributed by atoms with E-state index in [-0.39, 0.29) is 5.41 Å². The Balaban J connectivity index is 2.33. The summed E-state index contributed by atoms with van der Waals surface area (Å²) in [5.74, 6) is 2.92. The summed E-state index contributed by atoms with van der Waals surface area (Å²) < 4.78 is 2.35. The maximum Gasteiger partial charge on any atom is 0.143 e. The van der Waals surface area contributed by atoms with E-state index in [9.17, 15) is 0 Å². The summed E-state index contributed by atoms with van der Waals surface area (Å²) in [4.78, 5) is 0. The second kappa shape index (κ2) is 5.72. The zero-order valence-corrected chi connectivity index (χ0v) is 13.3. The zero-order chi connectivity index (χ0) is 13.2. The quantitative estimate of drug-likeness (QED) is 0.785. The fourth-order valence-electron chi connectivity index (χ4n) is 2.99. The Morgan fingerprint density at radius 1 is 1.22 bits per heavy atom. The maximum absolute atomic E-state index is 4.52. The number of halogens is 1. The van der Waals surface area contributed by atoms with Crippen molar-refractivity contribution in [3.05, 3.63) is 11.6 Å². The van der Waals surface area contributed by atoms with Gasteiger partial charge >= 0.3 is 0 Å². The molecule has 0 N–H and O–H groups in total. The van der Waals surface area contributed by atoms with Gasteiger partial charge in [0.2, 0.25) is 0 Å². The zero-order valence-electron chi connectivity index (χ0n) is 11.7. The first-order valence-corrected chi connectivity index (χ1v) is 8.17. The topological polar surface area (TPSA) is 30.7 Å². The average Bonchev–Trinajstić information content (AvgIpc) is 2.72. The highest BCUT2D eigenvalue weighted by Gasteiger charge is 2.34. The maximum atomic E-state index is 4.52. The van der Waals surface area contributed by atoms with Gasteiger partial charge in [0.15, 0.2) is 0 Å². The van der Waals surface area contributed by atoms with Crippen molar-refractivity contribution in [3.8, 4) is 0 Å². The lowest BCUT2D eigenvalue weighted by atomic mass is 9.75. The van der Waals surface area contributed by atoms with Crippen LogP contribution in [0.15, 0.2) is 0 Å². The molecule has 0 radical (unpaired) electrons. The molecule has 0 saturated heterocycles. The van der Waals surface area contributed by atoms with E-state index in [0.29, 0.717) is 5.92 Å². The van der Waals surface area contributed by atoms with Gasteiger partial charge in [-0.1, -0.05) is 56.0 Å². The van der Waals surface area contributed by atoms with Crippen LogP contribution in [0.4, 0.5) is 0 Å². The van der Waals surface area contributed by atoms with E-state index in [0.717, 1.165) is 17.7 Å². The van der Waals surface area contributed by atoms with Gasteiger partial charge in [0.05, 0.1) is 5.33 Å². The fourth-order valence-corrected chi connectivity index (χ4v) is 3.41. The molecule has 1 aromatic rings. The smallest absolute Gasteiger partial charge is 0.143 e. The van der Waals surface area contributed by atoms with Gasteiger partial charge in [-0.05, 0) is 18.8 Å². The minimum absolute atomic E-state index is 0.237. The highest BCUT2D eigenvalue weighted by molar-refractivity contribution is 9.08. The summed E-state index contributed by atoms with van der Waals surface area (Å²) in [7, 11) is 0. The van der Waals surface area contributed by atoms with Crippen LogP contribution in [0.1, 0.15) is 64.5 Å². The Morgan fingerprint density at radius 3 is 2.44 bits per heavy atom. The van der Waals surface area contributed by atoms with Gasteiger partial charge in [0, 0.05) is 12.0 Å². The van der Waals surface area contributed by atoms with Crippen LogP contribution < -0.4 is 0 Å². The van der Waals surface area contributed by atoms with Gasteiger partial charge in [-0.25, -0.2) is 0 Å². The predicted molar refractivity (Wildman–Crippen MR) is 77.9 cm³/mol. The van der Waals surface area contributed by atoms with E-state index in [1.54, 1.807) is 0 Å². The molecule has 4 heteroatoms. The highest BCUT2D eigenvalue weighted by Crippen LogP contribution is 2.38. The number of rotatable bonds is 4. The first-order chi connectivity index (χ1) is 8.57. The Morgan fingerprint density at radius 2 is 1.89 bits per heavy atom. The van der Waals surface area contributed by atoms with Crippen LogP contribution >= 0.6 is 15.9 Å². The first kappa shape index (κ1) is 14.0. The normalized spacial score (nSPS) is 19.4. The highest BCUT2D eigenvalue weighted by atomic mass is 79.9. The largest absolute Gasteiger partial charge is 0.314 e. The third-order valence-corrected chi connectivity index (χ3v) is 4.49. The molecule has 0 aliphatic heterocycles. The summed E-state index contributed by atoms with van der Waals surface area (Å²) in [6, 6.07) is 0. The number of hydrogen-bond acceptors (Lipinski definition) is 2. The molecule has 0 bridgehead atoms. The fraction of sp³-hybridized carbons (Fsp3) is 0.857. The van der Waals surface area contributed by atoms with Crippen molar-refractivity contribution < 1.29 is 0 Å². The average molecular weight is 314 g/mol. The van der Waals surface area contributed by atoms with Crippen molar-refractivity contribution in [1.29, 1.82) is 0 Å². The van der Waals surface area contributed by atoms with Gasteiger partial charge in [0.25, 0.3) is 0 Å². The van der Waals surface area contributed by atoms with Crippen molar-refractivity contribution >= 4 is 15.9 Å². The summed E-state index contributed by atoms with van der Waals surface area (Å²) >= 11 is 3.53. The van der Waals surface area contributed by atoms with Crippen molar-refractivity contribution in [2.24, 2.45) is 5.92 Å². The van der Waals surface area contributed by atoms with E-state index < -0.39 is 0 Å². The molecule has 1 aliphatic rings. The molecule has 0 spiro atoms. The number of aromatic nitrogens is 3. The summed E-state index contributed by atoms with van der Waals surface area (Å²) in [6.07, 6.45) is 6.54. The molecule has 18 heavy (non-hydrogen) atoms. The van der Waals surface area contributed by atoms with Crippen molar-refractivity contribution in [3.63, 3.8) is 0 Å². The lowest BCUT2D eigenvalue weighted by Gasteiger charge is -2.33. The number of nitrogens with zero attached hydrogens (tertiary/aromatic N) is 3. The summed E-state index contributed by atoms with van der Waals surface area (Å²) in [5.41, 5.74) is 0.237. The molecule has 0 unspecified atom stereocenters. The number of hydrogen-bond donors (Lipinski definition) is 0. The van der Waals surface area contributed by atoms with Crippen LogP contribution in [0.2, 0.25) is 0 Å². The third-order valence-electron chi connectivity index (χ3n) is 3.99. The van der Waals surface area contributed by atoms with E-state index >= 15 is 0 Å². The monoisotopic (exact) mass is 313 g/mol. The molecule has 102 valence electrons. The van der Waals surface area contributed by atoms with Gasteiger partial charge in [-0.2, -0.15) is 0 Å². The van der Waals surface area contributed by atoms with Gasteiger partial charge < -0.3 is 4.57 Å². The van der Waals surface area contributed by atoms with Gasteiger partial charge in [-0.3, -0.25) is 0 Å². The molecule has 3 nitrogen and oxygen atoms in total. The SMILES string of the molecule is CC(C)Cn1c(CBr)nnc1C1(C)CCCCC1. The van der Waals surface area contributed by atoms with Crippen LogP contribution in [0.3, 0.4) is 0 Å². The molecule has 0 aromatic carbocycles. The van der Waals surface area contributed by atoms with E-state index in [1.165, 1.54) is 37.9 Å². The summed E-state index contributed by atoms with van der Waals surface area (Å²) in [6.45, 7) is 7.90. The lowest BCUT2D eigenvalue weighted by molar-refractivity contribution is 0.288. The minimum Gasteiger partial charge on any atom is -0.314 e. The minimum atomic E-state index is 0.237. The van der Waals surface area contributed by atoms with E-state index in [1.807, 2.05) is 0 Å². The molecular formula is C14H24BrN3. The van der Waals surface area contributed by atoms with Crippen LogP contribution in [0.25, 0.3) is 0 Å². The Labute approximate surface area is 118 Å². The molecule has 1 aliphatic carbocycles. The molecule has 2 rings (SSSR count). The van der Waals surface area contributed by atoms with Crippen LogP contribution in [-0.4, -0.2) is 14.8 Å². The summed E-state index contributed by atoms with van der Waals surface area (Å²) in [5, 5.41) is 9.69. The Bertz CT molecular complexity index is 392. The Hall–Kier alpha value is -0.380. The second-order valence-electron chi connectivity index (χ2n) is 6.20. The van der Waals surface area contributed by atoms with Crippen LogP contribution in [-0.2, 0) is 17.3 Å². The van der Waals surface area contributed by atoms with E-state index in [4.69, 9.17) is 0 Å². The molecule has 0 amide bonds. The first-order valence-electron chi connectivity index (χ1n) is 7.05. The molecule has 1 fully saturated rings. The van der Waals surface area contributed by atoms with Crippen molar-refractivity contribution in [2.45, 2.75) is 70.2 Å². The number of alkyl halides is 1. The van der Waals surface area contributed by atoms with Crippen molar-refractivity contribution in [1.82, 2.24) is 14.8 Å². The Kier molecular flexibility index (Phi) is 4.46. The van der Waals surface area contributed by atoms with Crippen molar-refractivity contribution in [2.75, 3.05) is 0 Å². The van der Waals surface area contributed by atoms with Gasteiger partial charge in [0.1, 0.15) is 11.6 Å². The van der Waals surface area contributed by atoms with Crippen LogP contribution in [0.5, 0.6) is 0 Å². The standard InChI is InChI=1S/C14H24BrN3/c1-11(2)10-18-12(9-15)16-17-13(18)14(3)7-5-4-6-8-14/h11H,4-10H2,1-3H3. The second-order valence-corrected chi connectivity index (χ2v) is 6.76. The predicted octanol–water partition coefficient (Wildman–Crippen LogP) is 4.05. The molecule has 1 saturated carbocycles. The van der Waals surface area contributed by atoms with Crippen LogP contribution in [0, 0.1) is 5.92 Å². The van der Waals surface area contributed by atoms with E-state index in [2.05, 4.69) is 51.5 Å². The van der Waals surface area contributed by atoms with Gasteiger partial charge in [-0.15, -0.1) is 10.2 Å². The molecule has 0 atom stereocenters. The third kappa shape index (κ3) is 2.79.